The van der Waals surface area contributed by atoms with Crippen LogP contribution in [0.1, 0.15) is 139 Å². The topological polar surface area (TPSA) is 20.2 Å². The van der Waals surface area contributed by atoms with Crippen molar-refractivity contribution in [2.24, 2.45) is 70.5 Å². The van der Waals surface area contributed by atoms with Crippen molar-refractivity contribution in [3.05, 3.63) is 0 Å². The molecule has 35 heavy (non-hydrogen) atoms. The zero-order valence-electron chi connectivity index (χ0n) is 25.4. The molecule has 0 spiro atoms. The van der Waals surface area contributed by atoms with Crippen LogP contribution in [0.15, 0.2) is 0 Å². The van der Waals surface area contributed by atoms with Crippen LogP contribution < -0.4 is 0 Å². The molecule has 5 unspecified atom stereocenters. The van der Waals surface area contributed by atoms with E-state index in [0.717, 1.165) is 59.7 Å². The van der Waals surface area contributed by atoms with Crippen molar-refractivity contribution in [1.82, 2.24) is 0 Å². The number of aliphatic hydroxyl groups excluding tert-OH is 1. The highest BCUT2D eigenvalue weighted by Gasteiger charge is 2.50. The van der Waals surface area contributed by atoms with E-state index in [1.54, 1.807) is 0 Å². The molecule has 1 N–H and O–H groups in total. The summed E-state index contributed by atoms with van der Waals surface area (Å²) in [6.45, 7) is 22.0. The minimum absolute atomic E-state index is 0.122. The molecule has 1 heteroatoms. The van der Waals surface area contributed by atoms with E-state index < -0.39 is 0 Å². The molecule has 3 saturated carbocycles. The quantitative estimate of drug-likeness (QED) is 0.307. The second-order valence-electron chi connectivity index (χ2n) is 15.2. The summed E-state index contributed by atoms with van der Waals surface area (Å²) in [6, 6.07) is 0. The summed E-state index contributed by atoms with van der Waals surface area (Å²) in [5.41, 5.74) is 0.524. The molecule has 3 rings (SSSR count). The van der Waals surface area contributed by atoms with E-state index >= 15 is 0 Å². The first-order valence-corrected chi connectivity index (χ1v) is 16.2. The fraction of sp³-hybridized carbons (Fsp3) is 1.00. The third kappa shape index (κ3) is 6.89. The Hall–Kier alpha value is -0.0400. The van der Waals surface area contributed by atoms with Gasteiger partial charge in [-0.1, -0.05) is 75.2 Å². The first-order chi connectivity index (χ1) is 16.5. The monoisotopic (exact) mass is 488 g/mol. The molecule has 0 heterocycles. The maximum Gasteiger partial charge on any atom is 0.0565 e. The Morgan fingerprint density at radius 2 is 1.51 bits per heavy atom. The largest absolute Gasteiger partial charge is 0.393 e. The van der Waals surface area contributed by atoms with Crippen molar-refractivity contribution in [2.75, 3.05) is 0 Å². The molecule has 1 nitrogen and oxygen atoms in total. The molecule has 206 valence electrons. The number of fused-ring (bicyclic) bond motifs is 1. The molecule has 3 aliphatic carbocycles. The summed E-state index contributed by atoms with van der Waals surface area (Å²) in [5.74, 6) is 9.31. The van der Waals surface area contributed by atoms with Crippen molar-refractivity contribution in [3.63, 3.8) is 0 Å². The summed E-state index contributed by atoms with van der Waals surface area (Å²) >= 11 is 0. The van der Waals surface area contributed by atoms with Gasteiger partial charge in [-0.15, -0.1) is 0 Å². The minimum atomic E-state index is -0.122. The van der Waals surface area contributed by atoms with Gasteiger partial charge in [-0.3, -0.25) is 0 Å². The Morgan fingerprint density at radius 3 is 2.06 bits per heavy atom. The van der Waals surface area contributed by atoms with Crippen molar-refractivity contribution < 1.29 is 5.11 Å². The van der Waals surface area contributed by atoms with Crippen LogP contribution in [-0.2, 0) is 0 Å². The molecule has 0 aromatic carbocycles. The van der Waals surface area contributed by atoms with Gasteiger partial charge < -0.3 is 5.11 Å². The van der Waals surface area contributed by atoms with E-state index in [9.17, 15) is 5.11 Å². The molecule has 0 bridgehead atoms. The number of hydrogen-bond acceptors (Lipinski definition) is 1. The third-order valence-corrected chi connectivity index (χ3v) is 12.0. The van der Waals surface area contributed by atoms with E-state index in [-0.39, 0.29) is 6.10 Å². The number of aliphatic hydroxyl groups is 1. The van der Waals surface area contributed by atoms with Crippen LogP contribution in [0.4, 0.5) is 0 Å². The Labute approximate surface area is 221 Å². The Balaban J connectivity index is 1.73. The van der Waals surface area contributed by atoms with Gasteiger partial charge >= 0.3 is 0 Å². The lowest BCUT2D eigenvalue weighted by molar-refractivity contribution is -0.0125. The van der Waals surface area contributed by atoms with Crippen molar-refractivity contribution in [3.8, 4) is 0 Å². The van der Waals surface area contributed by atoms with Crippen LogP contribution >= 0.6 is 0 Å². The predicted octanol–water partition coefficient (Wildman–Crippen LogP) is 10.0. The van der Waals surface area contributed by atoms with Gasteiger partial charge in [0.1, 0.15) is 0 Å². The fourth-order valence-electron chi connectivity index (χ4n) is 9.69. The molecule has 0 aromatic rings. The van der Waals surface area contributed by atoms with Crippen LogP contribution in [-0.4, -0.2) is 11.2 Å². The van der Waals surface area contributed by atoms with E-state index in [4.69, 9.17) is 0 Å². The highest BCUT2D eigenvalue weighted by molar-refractivity contribution is 4.99. The third-order valence-electron chi connectivity index (χ3n) is 12.0. The van der Waals surface area contributed by atoms with Crippen molar-refractivity contribution in [1.29, 1.82) is 0 Å². The lowest BCUT2D eigenvalue weighted by Crippen LogP contribution is -2.42. The summed E-state index contributed by atoms with van der Waals surface area (Å²) in [7, 11) is 0. The first-order valence-electron chi connectivity index (χ1n) is 16.2. The molecule has 0 aliphatic heterocycles. The average Bonchev–Trinajstić information content (AvgIpc) is 3.10. The first kappa shape index (κ1) is 29.5. The van der Waals surface area contributed by atoms with Gasteiger partial charge in [0.2, 0.25) is 0 Å². The molecular formula is C34H64O. The summed E-state index contributed by atoms with van der Waals surface area (Å²) < 4.78 is 0. The van der Waals surface area contributed by atoms with Gasteiger partial charge in [0, 0.05) is 0 Å². The highest BCUT2D eigenvalue weighted by Crippen LogP contribution is 2.59. The predicted molar refractivity (Wildman–Crippen MR) is 153 cm³/mol. The van der Waals surface area contributed by atoms with Crippen molar-refractivity contribution in [2.45, 2.75) is 145 Å². The van der Waals surface area contributed by atoms with Gasteiger partial charge in [-0.2, -0.15) is 0 Å². The van der Waals surface area contributed by atoms with Gasteiger partial charge in [0.15, 0.2) is 0 Å². The standard InChI is InChI=1S/C34H64O/c1-10-27(19-33(35)23(4)5)28-13-15-31(16-14-28)34(24(6)7,20-22(2)3)21-30-18-29-12-11-25(8)17-32(29)26(30)9/h22-33,35H,10-21H2,1-9H3/t25-,26+,27?,28?,29?,30?,31?,32?,33?,34+/m0/s1. The summed E-state index contributed by atoms with van der Waals surface area (Å²) in [5, 5.41) is 10.6. The van der Waals surface area contributed by atoms with Crippen LogP contribution in [0.5, 0.6) is 0 Å². The van der Waals surface area contributed by atoms with E-state index in [1.807, 2.05) is 0 Å². The SMILES string of the molecule is CCC(CC(O)C(C)C)C1CCC([C@](CC(C)C)(CC2CC3CC[C@H](C)CC3[C@@H]2C)C(C)C)CC1. The number of rotatable bonds is 11. The highest BCUT2D eigenvalue weighted by atomic mass is 16.3. The van der Waals surface area contributed by atoms with Crippen LogP contribution in [0.2, 0.25) is 0 Å². The van der Waals surface area contributed by atoms with Gasteiger partial charge in [-0.05, 0) is 135 Å². The summed E-state index contributed by atoms with van der Waals surface area (Å²) in [6.07, 6.45) is 16.8. The van der Waals surface area contributed by atoms with E-state index in [2.05, 4.69) is 62.3 Å². The molecule has 0 aromatic heterocycles. The average molecular weight is 489 g/mol. The smallest absolute Gasteiger partial charge is 0.0565 e. The lowest BCUT2D eigenvalue weighted by Gasteiger charge is -2.51. The Morgan fingerprint density at radius 1 is 0.857 bits per heavy atom. The normalized spacial score (nSPS) is 37.5. The molecule has 3 fully saturated rings. The second-order valence-corrected chi connectivity index (χ2v) is 15.2. The van der Waals surface area contributed by atoms with Crippen LogP contribution in [0, 0.1) is 70.5 Å². The molecule has 0 amide bonds. The van der Waals surface area contributed by atoms with E-state index in [0.29, 0.717) is 17.3 Å². The lowest BCUT2D eigenvalue weighted by atomic mass is 9.54. The van der Waals surface area contributed by atoms with Gasteiger partial charge in [0.25, 0.3) is 0 Å². The van der Waals surface area contributed by atoms with Crippen LogP contribution in [0.25, 0.3) is 0 Å². The zero-order valence-corrected chi connectivity index (χ0v) is 25.4. The molecule has 0 radical (unpaired) electrons. The maximum absolute atomic E-state index is 10.6. The molecular weight excluding hydrogens is 424 g/mol. The minimum Gasteiger partial charge on any atom is -0.393 e. The number of hydrogen-bond donors (Lipinski definition) is 1. The Bertz CT molecular complexity index is 614. The Kier molecular flexibility index (Phi) is 10.7. The fourth-order valence-corrected chi connectivity index (χ4v) is 9.69. The van der Waals surface area contributed by atoms with Gasteiger partial charge in [0.05, 0.1) is 6.10 Å². The summed E-state index contributed by atoms with van der Waals surface area (Å²) in [4.78, 5) is 0. The van der Waals surface area contributed by atoms with Gasteiger partial charge in [-0.25, -0.2) is 0 Å². The van der Waals surface area contributed by atoms with E-state index in [1.165, 1.54) is 70.6 Å². The second kappa shape index (κ2) is 12.7. The molecule has 0 saturated heterocycles. The zero-order chi connectivity index (χ0) is 25.9. The molecule has 3 aliphatic rings. The molecule has 8 atom stereocenters. The van der Waals surface area contributed by atoms with Crippen LogP contribution in [0.3, 0.4) is 0 Å². The van der Waals surface area contributed by atoms with Crippen molar-refractivity contribution >= 4 is 0 Å². The maximum atomic E-state index is 10.6.